The van der Waals surface area contributed by atoms with Gasteiger partial charge in [0, 0.05) is 31.8 Å². The monoisotopic (exact) mass is 424 g/mol. The van der Waals surface area contributed by atoms with Crippen LogP contribution >= 0.6 is 0 Å². The molecule has 1 atom stereocenters. The maximum absolute atomic E-state index is 14.0. The average molecular weight is 425 g/mol. The lowest BCUT2D eigenvalue weighted by Gasteiger charge is -2.35. The first-order chi connectivity index (χ1) is 15.2. The van der Waals surface area contributed by atoms with Gasteiger partial charge in [-0.1, -0.05) is 48.5 Å². The highest BCUT2D eigenvalue weighted by molar-refractivity contribution is 5.78. The molecular formula is C26H33FN2O2. The molecule has 2 aliphatic heterocycles. The van der Waals surface area contributed by atoms with Crippen molar-refractivity contribution in [2.45, 2.75) is 44.8 Å². The van der Waals surface area contributed by atoms with Gasteiger partial charge in [-0.2, -0.15) is 0 Å². The number of carbonyl (C=O) groups excluding carboxylic acids is 1. The largest absolute Gasteiger partial charge is 0.376 e. The van der Waals surface area contributed by atoms with Crippen LogP contribution < -0.4 is 0 Å². The number of piperidine rings is 1. The fourth-order valence-electron chi connectivity index (χ4n) is 4.70. The van der Waals surface area contributed by atoms with Crippen molar-refractivity contribution in [1.82, 2.24) is 9.80 Å². The Hall–Kier alpha value is -2.24. The Morgan fingerprint density at radius 3 is 2.45 bits per heavy atom. The first kappa shape index (κ1) is 22.0. The van der Waals surface area contributed by atoms with Crippen LogP contribution in [0.5, 0.6) is 0 Å². The molecule has 2 aromatic carbocycles. The number of likely N-dealkylation sites (tertiary alicyclic amines) is 1. The summed E-state index contributed by atoms with van der Waals surface area (Å²) in [5.74, 6) is 0.548. The highest BCUT2D eigenvalue weighted by Crippen LogP contribution is 2.23. The Morgan fingerprint density at radius 1 is 1.00 bits per heavy atom. The molecule has 4 nitrogen and oxygen atoms in total. The second-order valence-corrected chi connectivity index (χ2v) is 8.91. The second kappa shape index (κ2) is 10.9. The predicted molar refractivity (Wildman–Crippen MR) is 120 cm³/mol. The number of ether oxygens (including phenoxy) is 1. The molecule has 4 rings (SSSR count). The Bertz CT molecular complexity index is 830. The number of amides is 1. The molecule has 0 bridgehead atoms. The minimum atomic E-state index is -0.126. The van der Waals surface area contributed by atoms with E-state index in [0.29, 0.717) is 25.4 Å². The number of halogens is 1. The summed E-state index contributed by atoms with van der Waals surface area (Å²) in [6.07, 6.45) is 4.81. The first-order valence-electron chi connectivity index (χ1n) is 11.6. The summed E-state index contributed by atoms with van der Waals surface area (Å²) in [7, 11) is 0. The third-order valence-electron chi connectivity index (χ3n) is 6.54. The van der Waals surface area contributed by atoms with E-state index in [4.69, 9.17) is 4.74 Å². The van der Waals surface area contributed by atoms with Crippen molar-refractivity contribution in [1.29, 1.82) is 0 Å². The lowest BCUT2D eigenvalue weighted by atomic mass is 9.95. The van der Waals surface area contributed by atoms with E-state index in [1.807, 2.05) is 47.4 Å². The van der Waals surface area contributed by atoms with Gasteiger partial charge in [0.05, 0.1) is 12.5 Å². The summed E-state index contributed by atoms with van der Waals surface area (Å²) in [6, 6.07) is 17.0. The quantitative estimate of drug-likeness (QED) is 0.634. The third kappa shape index (κ3) is 6.37. The van der Waals surface area contributed by atoms with E-state index in [1.165, 1.54) is 6.07 Å². The highest BCUT2D eigenvalue weighted by atomic mass is 19.1. The zero-order chi connectivity index (χ0) is 21.5. The summed E-state index contributed by atoms with van der Waals surface area (Å²) in [5.41, 5.74) is 1.82. The molecule has 2 aliphatic rings. The van der Waals surface area contributed by atoms with E-state index >= 15 is 0 Å². The van der Waals surface area contributed by atoms with E-state index in [-0.39, 0.29) is 17.8 Å². The Balaban J connectivity index is 1.32. The molecule has 0 unspecified atom stereocenters. The van der Waals surface area contributed by atoms with Gasteiger partial charge in [-0.3, -0.25) is 9.69 Å². The molecule has 2 aromatic rings. The SMILES string of the molecule is O=C(Cc1ccccc1)N(CC1CCN(Cc2ccccc2F)CC1)C[C@@H]1CCCO1. The van der Waals surface area contributed by atoms with Gasteiger partial charge in [0.25, 0.3) is 0 Å². The van der Waals surface area contributed by atoms with Gasteiger partial charge in [-0.25, -0.2) is 4.39 Å². The van der Waals surface area contributed by atoms with Gasteiger partial charge < -0.3 is 9.64 Å². The summed E-state index contributed by atoms with van der Waals surface area (Å²) in [5, 5.41) is 0. The van der Waals surface area contributed by atoms with Crippen LogP contribution in [0.3, 0.4) is 0 Å². The van der Waals surface area contributed by atoms with Crippen LogP contribution in [-0.2, 0) is 22.5 Å². The van der Waals surface area contributed by atoms with Gasteiger partial charge in [0.15, 0.2) is 0 Å². The van der Waals surface area contributed by atoms with Crippen molar-refractivity contribution in [2.24, 2.45) is 5.92 Å². The van der Waals surface area contributed by atoms with Gasteiger partial charge in [-0.15, -0.1) is 0 Å². The van der Waals surface area contributed by atoms with Crippen LogP contribution in [0, 0.1) is 11.7 Å². The number of hydrogen-bond acceptors (Lipinski definition) is 3. The zero-order valence-electron chi connectivity index (χ0n) is 18.2. The van der Waals surface area contributed by atoms with E-state index < -0.39 is 0 Å². The van der Waals surface area contributed by atoms with E-state index in [2.05, 4.69) is 4.90 Å². The second-order valence-electron chi connectivity index (χ2n) is 8.91. The standard InChI is InChI=1S/C26H33FN2O2/c27-25-11-5-4-9-23(25)19-28-14-12-22(13-15-28)18-29(20-24-10-6-16-31-24)26(30)17-21-7-2-1-3-8-21/h1-5,7-9,11,22,24H,6,10,12-20H2/t24-/m0/s1. The molecule has 1 amide bonds. The normalized spacial score (nSPS) is 20.1. The Labute approximate surface area is 185 Å². The van der Waals surface area contributed by atoms with Crippen molar-refractivity contribution < 1.29 is 13.9 Å². The van der Waals surface area contributed by atoms with E-state index in [9.17, 15) is 9.18 Å². The minimum Gasteiger partial charge on any atom is -0.376 e. The van der Waals surface area contributed by atoms with Crippen LogP contribution in [0.15, 0.2) is 54.6 Å². The molecular weight excluding hydrogens is 391 g/mol. The Kier molecular flexibility index (Phi) is 7.71. The molecule has 0 aliphatic carbocycles. The predicted octanol–water partition coefficient (Wildman–Crippen LogP) is 4.29. The first-order valence-corrected chi connectivity index (χ1v) is 11.6. The molecule has 0 aromatic heterocycles. The molecule has 0 spiro atoms. The molecule has 0 saturated carbocycles. The van der Waals surface area contributed by atoms with Crippen molar-refractivity contribution in [2.75, 3.05) is 32.8 Å². The zero-order valence-corrected chi connectivity index (χ0v) is 18.2. The maximum Gasteiger partial charge on any atom is 0.227 e. The van der Waals surface area contributed by atoms with Crippen molar-refractivity contribution in [3.63, 3.8) is 0 Å². The maximum atomic E-state index is 14.0. The van der Waals surface area contributed by atoms with Gasteiger partial charge >= 0.3 is 0 Å². The van der Waals surface area contributed by atoms with Gasteiger partial charge in [0.2, 0.25) is 5.91 Å². The number of benzene rings is 2. The lowest BCUT2D eigenvalue weighted by Crippen LogP contribution is -2.44. The van der Waals surface area contributed by atoms with Crippen molar-refractivity contribution in [3.8, 4) is 0 Å². The van der Waals surface area contributed by atoms with Crippen LogP contribution in [0.1, 0.15) is 36.8 Å². The van der Waals surface area contributed by atoms with Crippen molar-refractivity contribution in [3.05, 3.63) is 71.5 Å². The van der Waals surface area contributed by atoms with Gasteiger partial charge in [0.1, 0.15) is 5.82 Å². The number of carbonyl (C=O) groups is 1. The Morgan fingerprint density at radius 2 is 1.74 bits per heavy atom. The van der Waals surface area contributed by atoms with Crippen LogP contribution in [0.25, 0.3) is 0 Å². The molecule has 5 heteroatoms. The lowest BCUT2D eigenvalue weighted by molar-refractivity contribution is -0.133. The molecule has 2 saturated heterocycles. The number of rotatable bonds is 8. The van der Waals surface area contributed by atoms with Gasteiger partial charge in [-0.05, 0) is 56.3 Å². The number of hydrogen-bond donors (Lipinski definition) is 0. The summed E-state index contributed by atoms with van der Waals surface area (Å²) in [6.45, 7) is 4.84. The fraction of sp³-hybridized carbons (Fsp3) is 0.500. The smallest absolute Gasteiger partial charge is 0.227 e. The third-order valence-corrected chi connectivity index (χ3v) is 6.54. The molecule has 31 heavy (non-hydrogen) atoms. The van der Waals surface area contributed by atoms with E-state index in [1.54, 1.807) is 6.07 Å². The van der Waals surface area contributed by atoms with Crippen LogP contribution in [0.2, 0.25) is 0 Å². The molecule has 2 fully saturated rings. The highest BCUT2D eigenvalue weighted by Gasteiger charge is 2.27. The molecule has 0 N–H and O–H groups in total. The van der Waals surface area contributed by atoms with Crippen molar-refractivity contribution >= 4 is 5.91 Å². The van der Waals surface area contributed by atoms with Crippen LogP contribution in [0.4, 0.5) is 4.39 Å². The fourth-order valence-corrected chi connectivity index (χ4v) is 4.70. The topological polar surface area (TPSA) is 32.8 Å². The molecule has 166 valence electrons. The summed E-state index contributed by atoms with van der Waals surface area (Å²) < 4.78 is 19.8. The molecule has 0 radical (unpaired) electrons. The minimum absolute atomic E-state index is 0.126. The molecule has 2 heterocycles. The van der Waals surface area contributed by atoms with Crippen LogP contribution in [-0.4, -0.2) is 54.6 Å². The summed E-state index contributed by atoms with van der Waals surface area (Å²) >= 11 is 0. The number of nitrogens with zero attached hydrogens (tertiary/aromatic N) is 2. The average Bonchev–Trinajstić information content (AvgIpc) is 3.30. The summed E-state index contributed by atoms with van der Waals surface area (Å²) in [4.78, 5) is 17.5. The van der Waals surface area contributed by atoms with E-state index in [0.717, 1.165) is 63.1 Å².